The van der Waals surface area contributed by atoms with Crippen molar-refractivity contribution >= 4 is 11.9 Å². The van der Waals surface area contributed by atoms with Crippen LogP contribution in [0.5, 0.6) is 0 Å². The molecule has 0 radical (unpaired) electrons. The van der Waals surface area contributed by atoms with E-state index in [2.05, 4.69) is 12.2 Å². The molecule has 1 amide bonds. The lowest BCUT2D eigenvalue weighted by atomic mass is 10.0. The Morgan fingerprint density at radius 3 is 2.33 bits per heavy atom. The smallest absolute Gasteiger partial charge is 0.408 e. The average molecular weight is 255 g/mol. The first kappa shape index (κ1) is 15.0. The standard InChI is InChI=1S/C14H25NO3/c1-6-11(12(16)8-10-7-9(10)2)15-13(17)18-14(3,4)5/h9-11H,6-8H2,1-5H3,(H,15,17)/t9?,10?,11-/m0/s1. The minimum absolute atomic E-state index is 0.123. The molecule has 1 rings (SSSR count). The Kier molecular flexibility index (Phi) is 4.77. The molecular weight excluding hydrogens is 230 g/mol. The quantitative estimate of drug-likeness (QED) is 0.821. The predicted octanol–water partition coefficient (Wildman–Crippen LogP) is 2.90. The third-order valence-electron chi connectivity index (χ3n) is 3.23. The average Bonchev–Trinajstić information content (AvgIpc) is 2.87. The van der Waals surface area contributed by atoms with Crippen molar-refractivity contribution in [3.05, 3.63) is 0 Å². The summed E-state index contributed by atoms with van der Waals surface area (Å²) in [6.45, 7) is 9.47. The van der Waals surface area contributed by atoms with Gasteiger partial charge >= 0.3 is 6.09 Å². The first-order valence-electron chi connectivity index (χ1n) is 6.75. The van der Waals surface area contributed by atoms with E-state index < -0.39 is 17.7 Å². The maximum atomic E-state index is 12.0. The summed E-state index contributed by atoms with van der Waals surface area (Å²) in [7, 11) is 0. The Balaban J connectivity index is 2.40. The molecule has 18 heavy (non-hydrogen) atoms. The van der Waals surface area contributed by atoms with Crippen LogP contribution < -0.4 is 5.32 Å². The van der Waals surface area contributed by atoms with Crippen LogP contribution in [0.3, 0.4) is 0 Å². The number of ketones is 1. The van der Waals surface area contributed by atoms with Gasteiger partial charge in [-0.15, -0.1) is 0 Å². The van der Waals surface area contributed by atoms with E-state index in [9.17, 15) is 9.59 Å². The molecule has 4 heteroatoms. The van der Waals surface area contributed by atoms with E-state index in [1.165, 1.54) is 0 Å². The maximum absolute atomic E-state index is 12.0. The van der Waals surface area contributed by atoms with E-state index in [4.69, 9.17) is 4.74 Å². The van der Waals surface area contributed by atoms with Crippen LogP contribution in [-0.2, 0) is 9.53 Å². The molecule has 0 aromatic rings. The molecule has 0 saturated heterocycles. The van der Waals surface area contributed by atoms with Crippen LogP contribution in [0.1, 0.15) is 53.9 Å². The third-order valence-corrected chi connectivity index (χ3v) is 3.23. The topological polar surface area (TPSA) is 55.4 Å². The lowest BCUT2D eigenvalue weighted by Gasteiger charge is -2.22. The van der Waals surface area contributed by atoms with Crippen molar-refractivity contribution in [2.24, 2.45) is 11.8 Å². The fourth-order valence-electron chi connectivity index (χ4n) is 1.94. The molecule has 0 bridgehead atoms. The van der Waals surface area contributed by atoms with Crippen LogP contribution in [0, 0.1) is 11.8 Å². The molecule has 2 unspecified atom stereocenters. The summed E-state index contributed by atoms with van der Waals surface area (Å²) >= 11 is 0. The minimum atomic E-state index is -0.531. The highest BCUT2D eigenvalue weighted by atomic mass is 16.6. The second-order valence-electron chi connectivity index (χ2n) is 6.25. The Hall–Kier alpha value is -1.06. The highest BCUT2D eigenvalue weighted by molar-refractivity contribution is 5.87. The summed E-state index contributed by atoms with van der Waals surface area (Å²) in [4.78, 5) is 23.6. The van der Waals surface area contributed by atoms with Gasteiger partial charge in [-0.2, -0.15) is 0 Å². The van der Waals surface area contributed by atoms with Crippen molar-refractivity contribution in [2.45, 2.75) is 65.5 Å². The zero-order valence-electron chi connectivity index (χ0n) is 12.1. The van der Waals surface area contributed by atoms with Gasteiger partial charge in [-0.1, -0.05) is 13.8 Å². The molecule has 0 aliphatic heterocycles. The van der Waals surface area contributed by atoms with Crippen molar-refractivity contribution in [2.75, 3.05) is 0 Å². The zero-order valence-corrected chi connectivity index (χ0v) is 12.1. The molecule has 1 aliphatic carbocycles. The zero-order chi connectivity index (χ0) is 13.9. The molecule has 0 heterocycles. The lowest BCUT2D eigenvalue weighted by Crippen LogP contribution is -2.43. The summed E-state index contributed by atoms with van der Waals surface area (Å²) in [6.07, 6.45) is 1.81. The van der Waals surface area contributed by atoms with Crippen molar-refractivity contribution in [1.29, 1.82) is 0 Å². The Morgan fingerprint density at radius 1 is 1.39 bits per heavy atom. The molecule has 104 valence electrons. The predicted molar refractivity (Wildman–Crippen MR) is 70.3 cm³/mol. The molecule has 1 fully saturated rings. The Labute approximate surface area is 109 Å². The van der Waals surface area contributed by atoms with E-state index in [-0.39, 0.29) is 5.78 Å². The number of carbonyl (C=O) groups excluding carboxylic acids is 2. The number of carbonyl (C=O) groups is 2. The number of nitrogens with one attached hydrogen (secondary N) is 1. The number of hydrogen-bond donors (Lipinski definition) is 1. The van der Waals surface area contributed by atoms with Gasteiger partial charge in [-0.05, 0) is 45.4 Å². The number of Topliss-reactive ketones (excluding diaryl/α,β-unsaturated/α-hetero) is 1. The first-order valence-corrected chi connectivity index (χ1v) is 6.75. The van der Waals surface area contributed by atoms with Gasteiger partial charge in [0.2, 0.25) is 0 Å². The van der Waals surface area contributed by atoms with E-state index in [1.54, 1.807) is 20.8 Å². The van der Waals surface area contributed by atoms with Gasteiger partial charge < -0.3 is 10.1 Å². The third kappa shape index (κ3) is 5.07. The van der Waals surface area contributed by atoms with Crippen LogP contribution in [0.15, 0.2) is 0 Å². The number of amides is 1. The second kappa shape index (κ2) is 5.72. The molecule has 1 aliphatic rings. The Bertz CT molecular complexity index is 319. The monoisotopic (exact) mass is 255 g/mol. The van der Waals surface area contributed by atoms with Crippen molar-refractivity contribution in [3.63, 3.8) is 0 Å². The maximum Gasteiger partial charge on any atom is 0.408 e. The number of alkyl carbamates (subject to hydrolysis) is 1. The first-order chi connectivity index (χ1) is 8.23. The van der Waals surface area contributed by atoms with Crippen molar-refractivity contribution in [1.82, 2.24) is 5.32 Å². The van der Waals surface area contributed by atoms with Crippen LogP contribution in [-0.4, -0.2) is 23.5 Å². The fourth-order valence-corrected chi connectivity index (χ4v) is 1.94. The molecule has 1 N–H and O–H groups in total. The van der Waals surface area contributed by atoms with Gasteiger partial charge in [0, 0.05) is 6.42 Å². The fraction of sp³-hybridized carbons (Fsp3) is 0.857. The SMILES string of the molecule is CC[C@H](NC(=O)OC(C)(C)C)C(=O)CC1CC1C. The summed E-state index contributed by atoms with van der Waals surface area (Å²) in [5.74, 6) is 1.30. The lowest BCUT2D eigenvalue weighted by molar-refractivity contribution is -0.121. The molecule has 4 nitrogen and oxygen atoms in total. The molecule has 1 saturated carbocycles. The molecule has 3 atom stereocenters. The number of ether oxygens (including phenoxy) is 1. The van der Waals surface area contributed by atoms with Crippen molar-refractivity contribution < 1.29 is 14.3 Å². The van der Waals surface area contributed by atoms with Gasteiger partial charge in [0.15, 0.2) is 5.78 Å². The van der Waals surface area contributed by atoms with Gasteiger partial charge in [-0.25, -0.2) is 4.79 Å². The summed E-state index contributed by atoms with van der Waals surface area (Å²) in [6, 6.07) is -0.410. The Morgan fingerprint density at radius 2 is 1.94 bits per heavy atom. The largest absolute Gasteiger partial charge is 0.444 e. The van der Waals surface area contributed by atoms with E-state index in [0.29, 0.717) is 24.7 Å². The van der Waals surface area contributed by atoms with Crippen LogP contribution in [0.4, 0.5) is 4.79 Å². The number of rotatable bonds is 5. The van der Waals surface area contributed by atoms with Crippen LogP contribution in [0.2, 0.25) is 0 Å². The second-order valence-corrected chi connectivity index (χ2v) is 6.25. The normalized spacial score (nSPS) is 24.3. The van der Waals surface area contributed by atoms with Gasteiger partial charge in [0.1, 0.15) is 5.60 Å². The summed E-state index contributed by atoms with van der Waals surface area (Å²) in [5, 5.41) is 2.66. The van der Waals surface area contributed by atoms with E-state index in [0.717, 1.165) is 6.42 Å². The van der Waals surface area contributed by atoms with E-state index >= 15 is 0 Å². The van der Waals surface area contributed by atoms with Crippen LogP contribution in [0.25, 0.3) is 0 Å². The van der Waals surface area contributed by atoms with Gasteiger partial charge in [-0.3, -0.25) is 4.79 Å². The molecule has 0 aromatic carbocycles. The summed E-state index contributed by atoms with van der Waals surface area (Å²) in [5.41, 5.74) is -0.531. The van der Waals surface area contributed by atoms with Gasteiger partial charge in [0.05, 0.1) is 6.04 Å². The molecule has 0 aromatic heterocycles. The van der Waals surface area contributed by atoms with E-state index in [1.807, 2.05) is 6.92 Å². The minimum Gasteiger partial charge on any atom is -0.444 e. The summed E-state index contributed by atoms with van der Waals surface area (Å²) < 4.78 is 5.16. The molecule has 0 spiro atoms. The highest BCUT2D eigenvalue weighted by Gasteiger charge is 2.36. The molecular formula is C14H25NO3. The van der Waals surface area contributed by atoms with Gasteiger partial charge in [0.25, 0.3) is 0 Å². The van der Waals surface area contributed by atoms with Crippen molar-refractivity contribution in [3.8, 4) is 0 Å². The highest BCUT2D eigenvalue weighted by Crippen LogP contribution is 2.40. The van der Waals surface area contributed by atoms with Crippen LogP contribution >= 0.6 is 0 Å². The number of hydrogen-bond acceptors (Lipinski definition) is 3.